The summed E-state index contributed by atoms with van der Waals surface area (Å²) < 4.78 is 0. The summed E-state index contributed by atoms with van der Waals surface area (Å²) in [6.07, 6.45) is 5.47. The topological polar surface area (TPSA) is 23.6 Å². The Bertz CT molecular complexity index is 486. The summed E-state index contributed by atoms with van der Waals surface area (Å²) in [6, 6.07) is 10.7. The predicted octanol–water partition coefficient (Wildman–Crippen LogP) is 3.55. The number of likely N-dealkylation sites (tertiary alicyclic amines) is 2. The van der Waals surface area contributed by atoms with Crippen LogP contribution in [0.4, 0.5) is 0 Å². The molecule has 3 rings (SSSR count). The smallest absolute Gasteiger partial charge is 0.222 e. The van der Waals surface area contributed by atoms with Crippen molar-refractivity contribution in [3.8, 4) is 0 Å². The lowest BCUT2D eigenvalue weighted by Gasteiger charge is -2.34. The highest BCUT2D eigenvalue weighted by Crippen LogP contribution is 2.24. The molecule has 0 aliphatic carbocycles. The minimum atomic E-state index is 0.401. The van der Waals surface area contributed by atoms with E-state index in [9.17, 15) is 4.79 Å². The minimum absolute atomic E-state index is 0.401. The van der Waals surface area contributed by atoms with E-state index in [1.54, 1.807) is 0 Å². The Balaban J connectivity index is 1.40. The van der Waals surface area contributed by atoms with Gasteiger partial charge >= 0.3 is 0 Å². The zero-order chi connectivity index (χ0) is 16.1. The first-order chi connectivity index (χ1) is 11.2. The van der Waals surface area contributed by atoms with Gasteiger partial charge < -0.3 is 4.90 Å². The van der Waals surface area contributed by atoms with Crippen molar-refractivity contribution in [2.45, 2.75) is 45.6 Å². The van der Waals surface area contributed by atoms with Crippen LogP contribution in [0.5, 0.6) is 0 Å². The molecule has 0 spiro atoms. The van der Waals surface area contributed by atoms with E-state index in [1.807, 2.05) is 0 Å². The highest BCUT2D eigenvalue weighted by atomic mass is 16.2. The zero-order valence-corrected chi connectivity index (χ0v) is 14.4. The van der Waals surface area contributed by atoms with Crippen LogP contribution in [0.2, 0.25) is 0 Å². The maximum atomic E-state index is 12.5. The average molecular weight is 314 g/mol. The van der Waals surface area contributed by atoms with E-state index in [-0.39, 0.29) is 0 Å². The second-order valence-corrected chi connectivity index (χ2v) is 7.47. The van der Waals surface area contributed by atoms with Crippen molar-refractivity contribution < 1.29 is 4.79 Å². The van der Waals surface area contributed by atoms with Crippen LogP contribution in [0.3, 0.4) is 0 Å². The van der Waals surface area contributed by atoms with Gasteiger partial charge in [-0.1, -0.05) is 37.3 Å². The normalized spacial score (nSPS) is 21.5. The Morgan fingerprint density at radius 2 is 1.65 bits per heavy atom. The van der Waals surface area contributed by atoms with Crippen molar-refractivity contribution in [1.82, 2.24) is 9.80 Å². The molecule has 0 bridgehead atoms. The molecule has 1 aromatic carbocycles. The summed E-state index contributed by atoms with van der Waals surface area (Å²) in [7, 11) is 0. The lowest BCUT2D eigenvalue weighted by Crippen LogP contribution is -2.40. The second kappa shape index (κ2) is 7.96. The molecule has 0 N–H and O–H groups in total. The highest BCUT2D eigenvalue weighted by molar-refractivity contribution is 5.76. The third-order valence-electron chi connectivity index (χ3n) is 5.56. The van der Waals surface area contributed by atoms with Gasteiger partial charge in [0.2, 0.25) is 5.91 Å². The molecule has 2 aliphatic heterocycles. The van der Waals surface area contributed by atoms with Crippen LogP contribution < -0.4 is 0 Å². The molecule has 0 radical (unpaired) electrons. The Hall–Kier alpha value is -1.35. The summed E-state index contributed by atoms with van der Waals surface area (Å²) >= 11 is 0. The van der Waals surface area contributed by atoms with E-state index in [0.717, 1.165) is 45.1 Å². The van der Waals surface area contributed by atoms with Crippen molar-refractivity contribution >= 4 is 5.91 Å². The van der Waals surface area contributed by atoms with Gasteiger partial charge in [-0.05, 0) is 56.2 Å². The lowest BCUT2D eigenvalue weighted by molar-refractivity contribution is -0.133. The van der Waals surface area contributed by atoms with E-state index < -0.39 is 0 Å². The van der Waals surface area contributed by atoms with Crippen molar-refractivity contribution in [2.24, 2.45) is 11.8 Å². The number of rotatable bonds is 4. The first kappa shape index (κ1) is 16.5. The molecule has 1 amide bonds. The van der Waals surface area contributed by atoms with Crippen LogP contribution in [0.1, 0.15) is 44.6 Å². The van der Waals surface area contributed by atoms with Gasteiger partial charge in [-0.3, -0.25) is 9.69 Å². The van der Waals surface area contributed by atoms with E-state index in [0.29, 0.717) is 11.8 Å². The largest absolute Gasteiger partial charge is 0.343 e. The van der Waals surface area contributed by atoms with E-state index in [1.165, 1.54) is 31.2 Å². The van der Waals surface area contributed by atoms with Gasteiger partial charge in [-0.2, -0.15) is 0 Å². The van der Waals surface area contributed by atoms with Crippen molar-refractivity contribution in [1.29, 1.82) is 0 Å². The van der Waals surface area contributed by atoms with Gasteiger partial charge in [0, 0.05) is 26.1 Å². The van der Waals surface area contributed by atoms with Crippen LogP contribution in [-0.4, -0.2) is 41.9 Å². The Morgan fingerprint density at radius 3 is 2.30 bits per heavy atom. The molecule has 1 aromatic rings. The van der Waals surface area contributed by atoms with Crippen LogP contribution in [0, 0.1) is 11.8 Å². The van der Waals surface area contributed by atoms with Crippen LogP contribution in [-0.2, 0) is 11.3 Å². The number of carbonyl (C=O) groups excluding carboxylic acids is 1. The zero-order valence-electron chi connectivity index (χ0n) is 14.4. The third-order valence-corrected chi connectivity index (χ3v) is 5.56. The van der Waals surface area contributed by atoms with Crippen molar-refractivity contribution in [2.75, 3.05) is 26.2 Å². The minimum Gasteiger partial charge on any atom is -0.343 e. The van der Waals surface area contributed by atoms with Crippen molar-refractivity contribution in [3.63, 3.8) is 0 Å². The van der Waals surface area contributed by atoms with Crippen molar-refractivity contribution in [3.05, 3.63) is 35.9 Å². The van der Waals surface area contributed by atoms with Crippen LogP contribution >= 0.6 is 0 Å². The van der Waals surface area contributed by atoms with Gasteiger partial charge in [-0.25, -0.2) is 0 Å². The standard InChI is InChI=1S/C20H30N2O/c1-17-7-13-22(14-8-17)20(23)15-18-9-11-21(12-10-18)16-19-5-3-2-4-6-19/h2-6,17-18H,7-16H2,1H3. The van der Waals surface area contributed by atoms with E-state index in [4.69, 9.17) is 0 Å². The second-order valence-electron chi connectivity index (χ2n) is 7.47. The molecule has 23 heavy (non-hydrogen) atoms. The Kier molecular flexibility index (Phi) is 5.71. The van der Waals surface area contributed by atoms with Gasteiger partial charge in [0.25, 0.3) is 0 Å². The number of nitrogens with zero attached hydrogens (tertiary/aromatic N) is 2. The first-order valence-electron chi connectivity index (χ1n) is 9.25. The van der Waals surface area contributed by atoms with Gasteiger partial charge in [0.1, 0.15) is 0 Å². The lowest BCUT2D eigenvalue weighted by atomic mass is 9.92. The summed E-state index contributed by atoms with van der Waals surface area (Å²) in [5, 5.41) is 0. The van der Waals surface area contributed by atoms with Crippen LogP contribution in [0.15, 0.2) is 30.3 Å². The molecular formula is C20H30N2O. The number of amides is 1. The molecule has 0 atom stereocenters. The molecule has 2 fully saturated rings. The molecule has 0 unspecified atom stereocenters. The summed E-state index contributed by atoms with van der Waals surface area (Å²) in [4.78, 5) is 17.1. The van der Waals surface area contributed by atoms with E-state index >= 15 is 0 Å². The molecule has 2 aliphatic rings. The SMILES string of the molecule is CC1CCN(C(=O)CC2CCN(Cc3ccccc3)CC2)CC1. The summed E-state index contributed by atoms with van der Waals surface area (Å²) in [6.45, 7) is 7.56. The highest BCUT2D eigenvalue weighted by Gasteiger charge is 2.25. The molecule has 3 nitrogen and oxygen atoms in total. The van der Waals surface area contributed by atoms with E-state index in [2.05, 4.69) is 47.1 Å². The fourth-order valence-electron chi connectivity index (χ4n) is 3.82. The fraction of sp³-hybridized carbons (Fsp3) is 0.650. The number of piperidine rings is 2. The number of carbonyl (C=O) groups is 1. The maximum absolute atomic E-state index is 12.5. The first-order valence-corrected chi connectivity index (χ1v) is 9.25. The van der Waals surface area contributed by atoms with Gasteiger partial charge in [0.15, 0.2) is 0 Å². The maximum Gasteiger partial charge on any atom is 0.222 e. The Labute approximate surface area is 140 Å². The predicted molar refractivity (Wildman–Crippen MR) is 94.0 cm³/mol. The molecule has 2 saturated heterocycles. The third kappa shape index (κ3) is 4.81. The van der Waals surface area contributed by atoms with Crippen LogP contribution in [0.25, 0.3) is 0 Å². The fourth-order valence-corrected chi connectivity index (χ4v) is 3.82. The monoisotopic (exact) mass is 314 g/mol. The molecule has 3 heteroatoms. The molecule has 0 saturated carbocycles. The molecule has 126 valence electrons. The number of hydrogen-bond donors (Lipinski definition) is 0. The molecular weight excluding hydrogens is 284 g/mol. The summed E-state index contributed by atoms with van der Waals surface area (Å²) in [5.74, 6) is 1.78. The number of hydrogen-bond acceptors (Lipinski definition) is 2. The number of benzene rings is 1. The summed E-state index contributed by atoms with van der Waals surface area (Å²) in [5.41, 5.74) is 1.39. The van der Waals surface area contributed by atoms with Gasteiger partial charge in [0.05, 0.1) is 0 Å². The molecule has 0 aromatic heterocycles. The average Bonchev–Trinajstić information content (AvgIpc) is 2.58. The van der Waals surface area contributed by atoms with Gasteiger partial charge in [-0.15, -0.1) is 0 Å². The quantitative estimate of drug-likeness (QED) is 0.848. The molecule has 2 heterocycles. The Morgan fingerprint density at radius 1 is 1.00 bits per heavy atom.